The van der Waals surface area contributed by atoms with Crippen molar-refractivity contribution in [1.29, 1.82) is 0 Å². The van der Waals surface area contributed by atoms with E-state index in [1.54, 1.807) is 0 Å². The fraction of sp³-hybridized carbons (Fsp3) is 0.625. The molecule has 0 radical (unpaired) electrons. The summed E-state index contributed by atoms with van der Waals surface area (Å²) in [5, 5.41) is 2.36. The summed E-state index contributed by atoms with van der Waals surface area (Å²) in [5.41, 5.74) is 4.91. The fourth-order valence-electron chi connectivity index (χ4n) is 0.923. The normalized spacial score (nSPS) is 11.6. The molecule has 0 bridgehead atoms. The van der Waals surface area contributed by atoms with E-state index >= 15 is 0 Å². The molecule has 0 aromatic carbocycles. The summed E-state index contributed by atoms with van der Waals surface area (Å²) in [4.78, 5) is 32.2. The number of carbonyl (C=O) groups is 3. The number of nitrogens with two attached hydrogens (primary N) is 1. The van der Waals surface area contributed by atoms with Crippen molar-refractivity contribution >= 4 is 17.8 Å². The van der Waals surface area contributed by atoms with E-state index in [1.807, 2.05) is 0 Å². The number of amides is 2. The number of hydrogen-bond acceptors (Lipinski definition) is 4. The second-order valence-electron chi connectivity index (χ2n) is 2.78. The number of nitrogens with one attached hydrogen (secondary N) is 1. The molecule has 14 heavy (non-hydrogen) atoms. The third kappa shape index (κ3) is 5.13. The van der Waals surface area contributed by atoms with Gasteiger partial charge in [-0.25, -0.2) is 4.79 Å². The number of methoxy groups -OCH3 is 1. The zero-order valence-electron chi connectivity index (χ0n) is 8.20. The summed E-state index contributed by atoms with van der Waals surface area (Å²) < 4.78 is 4.44. The molecular formula is C8H14N2O4. The van der Waals surface area contributed by atoms with Gasteiger partial charge in [-0.2, -0.15) is 0 Å². The van der Waals surface area contributed by atoms with Crippen LogP contribution in [0.5, 0.6) is 0 Å². The minimum Gasteiger partial charge on any atom is -0.467 e. The monoisotopic (exact) mass is 202 g/mol. The van der Waals surface area contributed by atoms with Crippen LogP contribution < -0.4 is 11.1 Å². The maximum atomic E-state index is 11.1. The van der Waals surface area contributed by atoms with Gasteiger partial charge in [0.05, 0.1) is 7.11 Å². The zero-order valence-corrected chi connectivity index (χ0v) is 8.20. The Balaban J connectivity index is 4.17. The van der Waals surface area contributed by atoms with Gasteiger partial charge in [-0.15, -0.1) is 0 Å². The topological polar surface area (TPSA) is 98.5 Å². The van der Waals surface area contributed by atoms with E-state index in [4.69, 9.17) is 5.73 Å². The van der Waals surface area contributed by atoms with Gasteiger partial charge in [-0.3, -0.25) is 9.59 Å². The molecule has 6 nitrogen and oxygen atoms in total. The first-order valence-corrected chi connectivity index (χ1v) is 4.10. The summed E-state index contributed by atoms with van der Waals surface area (Å²) in [5.74, 6) is -1.46. The highest BCUT2D eigenvalue weighted by molar-refractivity contribution is 5.84. The smallest absolute Gasteiger partial charge is 0.328 e. The van der Waals surface area contributed by atoms with Crippen LogP contribution in [0, 0.1) is 0 Å². The van der Waals surface area contributed by atoms with Crippen LogP contribution in [0.1, 0.15) is 19.8 Å². The average molecular weight is 202 g/mol. The molecule has 0 aromatic heterocycles. The average Bonchev–Trinajstić information content (AvgIpc) is 2.10. The molecule has 0 aliphatic heterocycles. The summed E-state index contributed by atoms with van der Waals surface area (Å²) in [6, 6.07) is -0.801. The molecule has 80 valence electrons. The van der Waals surface area contributed by atoms with Gasteiger partial charge in [0.1, 0.15) is 6.04 Å². The van der Waals surface area contributed by atoms with Crippen molar-refractivity contribution in [2.24, 2.45) is 5.73 Å². The molecule has 0 saturated carbocycles. The third-order valence-electron chi connectivity index (χ3n) is 1.54. The summed E-state index contributed by atoms with van der Waals surface area (Å²) in [6.07, 6.45) is 0.182. The Morgan fingerprint density at radius 1 is 1.43 bits per heavy atom. The molecule has 0 aliphatic rings. The second kappa shape index (κ2) is 5.95. The molecule has 0 aromatic rings. The van der Waals surface area contributed by atoms with Gasteiger partial charge in [-0.1, -0.05) is 0 Å². The second-order valence-corrected chi connectivity index (χ2v) is 2.78. The van der Waals surface area contributed by atoms with Crippen molar-refractivity contribution in [1.82, 2.24) is 5.32 Å². The Hall–Kier alpha value is -1.59. The van der Waals surface area contributed by atoms with Crippen LogP contribution in [0.25, 0.3) is 0 Å². The van der Waals surface area contributed by atoms with Crippen LogP contribution in [0.3, 0.4) is 0 Å². The lowest BCUT2D eigenvalue weighted by molar-refractivity contribution is -0.145. The van der Waals surface area contributed by atoms with Gasteiger partial charge in [0.2, 0.25) is 11.8 Å². The minimum absolute atomic E-state index is 0.0278. The molecule has 0 heterocycles. The molecule has 0 saturated heterocycles. The standard InChI is InChI=1S/C8H14N2O4/c1-5(11)10-6(8(13)14-2)3-4-7(9)12/h6H,3-4H2,1-2H3,(H2,9,12)(H,10,11). The van der Waals surface area contributed by atoms with Crippen molar-refractivity contribution in [3.05, 3.63) is 0 Å². The Morgan fingerprint density at radius 2 is 2.00 bits per heavy atom. The van der Waals surface area contributed by atoms with Crippen molar-refractivity contribution in [2.75, 3.05) is 7.11 Å². The molecule has 2 amide bonds. The Kier molecular flexibility index (Phi) is 5.28. The fourth-order valence-corrected chi connectivity index (χ4v) is 0.923. The van der Waals surface area contributed by atoms with Crippen molar-refractivity contribution < 1.29 is 19.1 Å². The Bertz CT molecular complexity index is 239. The molecule has 0 rings (SSSR count). The van der Waals surface area contributed by atoms with Crippen molar-refractivity contribution in [3.63, 3.8) is 0 Å². The largest absolute Gasteiger partial charge is 0.467 e. The van der Waals surface area contributed by atoms with Crippen LogP contribution >= 0.6 is 0 Å². The van der Waals surface area contributed by atoms with E-state index in [1.165, 1.54) is 14.0 Å². The molecule has 0 aliphatic carbocycles. The van der Waals surface area contributed by atoms with Crippen molar-refractivity contribution in [2.45, 2.75) is 25.8 Å². The lowest BCUT2D eigenvalue weighted by atomic mass is 10.1. The summed E-state index contributed by atoms with van der Waals surface area (Å²) >= 11 is 0. The summed E-state index contributed by atoms with van der Waals surface area (Å²) in [7, 11) is 1.21. The highest BCUT2D eigenvalue weighted by atomic mass is 16.5. The van der Waals surface area contributed by atoms with Gasteiger partial charge >= 0.3 is 5.97 Å². The van der Waals surface area contributed by atoms with Crippen LogP contribution in [0.4, 0.5) is 0 Å². The Morgan fingerprint density at radius 3 is 2.36 bits per heavy atom. The highest BCUT2D eigenvalue weighted by Crippen LogP contribution is 1.99. The van der Waals surface area contributed by atoms with E-state index in [0.717, 1.165) is 0 Å². The lowest BCUT2D eigenvalue weighted by Gasteiger charge is -2.13. The molecule has 6 heteroatoms. The molecular weight excluding hydrogens is 188 g/mol. The minimum atomic E-state index is -0.801. The molecule has 0 spiro atoms. The van der Waals surface area contributed by atoms with Crippen LogP contribution in [0.15, 0.2) is 0 Å². The number of rotatable bonds is 5. The van der Waals surface area contributed by atoms with Crippen LogP contribution in [-0.4, -0.2) is 30.9 Å². The number of ether oxygens (including phenoxy) is 1. The lowest BCUT2D eigenvalue weighted by Crippen LogP contribution is -2.41. The number of primary amides is 1. The highest BCUT2D eigenvalue weighted by Gasteiger charge is 2.20. The first kappa shape index (κ1) is 12.4. The van der Waals surface area contributed by atoms with E-state index in [-0.39, 0.29) is 18.7 Å². The first-order chi connectivity index (χ1) is 6.47. The number of hydrogen-bond donors (Lipinski definition) is 2. The predicted molar refractivity (Wildman–Crippen MR) is 48.0 cm³/mol. The number of carbonyl (C=O) groups excluding carboxylic acids is 3. The van der Waals surface area contributed by atoms with E-state index in [9.17, 15) is 14.4 Å². The van der Waals surface area contributed by atoms with Crippen LogP contribution in [0.2, 0.25) is 0 Å². The Labute approximate surface area is 81.8 Å². The van der Waals surface area contributed by atoms with E-state index in [0.29, 0.717) is 0 Å². The number of esters is 1. The quantitative estimate of drug-likeness (QED) is 0.554. The van der Waals surface area contributed by atoms with Gasteiger partial charge in [0, 0.05) is 13.3 Å². The van der Waals surface area contributed by atoms with Crippen molar-refractivity contribution in [3.8, 4) is 0 Å². The van der Waals surface area contributed by atoms with Gasteiger partial charge < -0.3 is 15.8 Å². The van der Waals surface area contributed by atoms with E-state index in [2.05, 4.69) is 10.1 Å². The van der Waals surface area contributed by atoms with Gasteiger partial charge in [0.25, 0.3) is 0 Å². The maximum Gasteiger partial charge on any atom is 0.328 e. The van der Waals surface area contributed by atoms with Crippen LogP contribution in [-0.2, 0) is 19.1 Å². The SMILES string of the molecule is COC(=O)C(CCC(N)=O)NC(C)=O. The zero-order chi connectivity index (χ0) is 11.1. The van der Waals surface area contributed by atoms with Gasteiger partial charge in [-0.05, 0) is 6.42 Å². The summed E-state index contributed by atoms with van der Waals surface area (Å²) in [6.45, 7) is 1.28. The maximum absolute atomic E-state index is 11.1. The molecule has 1 unspecified atom stereocenters. The molecule has 0 fully saturated rings. The first-order valence-electron chi connectivity index (χ1n) is 4.10. The van der Waals surface area contributed by atoms with Gasteiger partial charge in [0.15, 0.2) is 0 Å². The van der Waals surface area contributed by atoms with E-state index < -0.39 is 17.9 Å². The predicted octanol–water partition coefficient (Wildman–Crippen LogP) is -1.07. The third-order valence-corrected chi connectivity index (χ3v) is 1.54. The molecule has 3 N–H and O–H groups in total. The molecule has 1 atom stereocenters.